The third-order valence-corrected chi connectivity index (χ3v) is 3.09. The highest BCUT2D eigenvalue weighted by Crippen LogP contribution is 2.15. The zero-order valence-electron chi connectivity index (χ0n) is 12.6. The summed E-state index contributed by atoms with van der Waals surface area (Å²) in [6, 6.07) is 10.8. The van der Waals surface area contributed by atoms with E-state index in [1.165, 1.54) is 5.56 Å². The molecule has 0 heterocycles. The van der Waals surface area contributed by atoms with Crippen molar-refractivity contribution >= 4 is 0 Å². The van der Waals surface area contributed by atoms with Gasteiger partial charge in [0.25, 0.3) is 0 Å². The summed E-state index contributed by atoms with van der Waals surface area (Å²) in [5.74, 6) is 0. The van der Waals surface area contributed by atoms with Crippen LogP contribution in [-0.4, -0.2) is 52.1 Å². The summed E-state index contributed by atoms with van der Waals surface area (Å²) < 4.78 is 10.6. The fraction of sp³-hybridized carbons (Fsp3) is 0.600. The van der Waals surface area contributed by atoms with E-state index in [9.17, 15) is 0 Å². The Labute approximate surface area is 116 Å². The lowest BCUT2D eigenvalue weighted by Gasteiger charge is -2.29. The van der Waals surface area contributed by atoms with E-state index in [2.05, 4.69) is 55.5 Å². The fourth-order valence-electron chi connectivity index (χ4n) is 2.21. The molecule has 19 heavy (non-hydrogen) atoms. The molecular formula is C15H26N2O2. The molecule has 1 aromatic carbocycles. The summed E-state index contributed by atoms with van der Waals surface area (Å²) in [5, 5.41) is 3.57. The highest BCUT2D eigenvalue weighted by atomic mass is 16.7. The van der Waals surface area contributed by atoms with Crippen LogP contribution in [0.5, 0.6) is 0 Å². The van der Waals surface area contributed by atoms with Crippen LogP contribution in [0.3, 0.4) is 0 Å². The second kappa shape index (κ2) is 8.27. The Balaban J connectivity index is 2.75. The van der Waals surface area contributed by atoms with Gasteiger partial charge in [0.1, 0.15) is 0 Å². The molecule has 4 heteroatoms. The van der Waals surface area contributed by atoms with Crippen molar-refractivity contribution in [1.82, 2.24) is 10.2 Å². The summed E-state index contributed by atoms with van der Waals surface area (Å²) in [6.45, 7) is 3.00. The summed E-state index contributed by atoms with van der Waals surface area (Å²) >= 11 is 0. The second-order valence-electron chi connectivity index (χ2n) is 5.02. The number of nitrogens with one attached hydrogen (secondary N) is 1. The fourth-order valence-corrected chi connectivity index (χ4v) is 2.21. The summed E-state index contributed by atoms with van der Waals surface area (Å²) in [6.07, 6.45) is -0.242. The molecule has 1 N–H and O–H groups in total. The van der Waals surface area contributed by atoms with Gasteiger partial charge in [0.2, 0.25) is 0 Å². The molecule has 0 aromatic heterocycles. The van der Waals surface area contributed by atoms with E-state index in [1.807, 2.05) is 6.07 Å². The number of methoxy groups -OCH3 is 2. The summed E-state index contributed by atoms with van der Waals surface area (Å²) in [5.41, 5.74) is 1.27. The maximum Gasteiger partial charge on any atom is 0.171 e. The topological polar surface area (TPSA) is 33.7 Å². The van der Waals surface area contributed by atoms with Crippen molar-refractivity contribution in [3.05, 3.63) is 35.9 Å². The van der Waals surface area contributed by atoms with Crippen LogP contribution in [0, 0.1) is 0 Å². The Kier molecular flexibility index (Phi) is 7.02. The monoisotopic (exact) mass is 266 g/mol. The predicted octanol–water partition coefficient (Wildman–Crippen LogP) is 1.89. The molecule has 2 unspecified atom stereocenters. The third-order valence-electron chi connectivity index (χ3n) is 3.09. The number of likely N-dealkylation sites (N-methyl/N-ethyl adjacent to an activating group) is 1. The molecule has 1 rings (SSSR count). The average molecular weight is 266 g/mol. The lowest BCUT2D eigenvalue weighted by atomic mass is 10.1. The van der Waals surface area contributed by atoms with Gasteiger partial charge in [-0.25, -0.2) is 0 Å². The van der Waals surface area contributed by atoms with Crippen molar-refractivity contribution < 1.29 is 9.47 Å². The van der Waals surface area contributed by atoms with Gasteiger partial charge < -0.3 is 19.7 Å². The van der Waals surface area contributed by atoms with E-state index in [0.29, 0.717) is 0 Å². The maximum absolute atomic E-state index is 5.30. The molecular weight excluding hydrogens is 240 g/mol. The number of nitrogens with zero attached hydrogens (tertiary/aromatic N) is 1. The van der Waals surface area contributed by atoms with Crippen molar-refractivity contribution in [2.45, 2.75) is 25.3 Å². The quantitative estimate of drug-likeness (QED) is 0.729. The van der Waals surface area contributed by atoms with Gasteiger partial charge in [-0.2, -0.15) is 0 Å². The summed E-state index contributed by atoms with van der Waals surface area (Å²) in [4.78, 5) is 2.17. The van der Waals surface area contributed by atoms with Crippen molar-refractivity contribution in [2.24, 2.45) is 0 Å². The molecule has 0 aliphatic carbocycles. The SMILES string of the molecule is COC(OC)C(C)NC(CN(C)C)c1ccccc1. The van der Waals surface area contributed by atoms with Gasteiger partial charge in [0.05, 0.1) is 6.04 Å². The normalized spacial score (nSPS) is 14.9. The maximum atomic E-state index is 5.30. The van der Waals surface area contributed by atoms with Crippen molar-refractivity contribution in [3.8, 4) is 0 Å². The first-order valence-electron chi connectivity index (χ1n) is 6.59. The zero-order valence-corrected chi connectivity index (χ0v) is 12.6. The third kappa shape index (κ3) is 5.28. The molecule has 0 radical (unpaired) electrons. The standard InChI is InChI=1S/C15H26N2O2/c1-12(15(18-4)19-5)16-14(11-17(2)3)13-9-7-6-8-10-13/h6-10,12,14-16H,11H2,1-5H3. The van der Waals surface area contributed by atoms with Crippen LogP contribution in [0.4, 0.5) is 0 Å². The lowest BCUT2D eigenvalue weighted by Crippen LogP contribution is -2.44. The highest BCUT2D eigenvalue weighted by Gasteiger charge is 2.21. The molecule has 0 amide bonds. The number of hydrogen-bond acceptors (Lipinski definition) is 4. The van der Waals surface area contributed by atoms with Crippen LogP contribution in [0.1, 0.15) is 18.5 Å². The minimum absolute atomic E-state index is 0.111. The Morgan fingerprint density at radius 1 is 1.11 bits per heavy atom. The van der Waals surface area contributed by atoms with Crippen molar-refractivity contribution in [2.75, 3.05) is 34.9 Å². The smallest absolute Gasteiger partial charge is 0.171 e. The van der Waals surface area contributed by atoms with Gasteiger partial charge >= 0.3 is 0 Å². The lowest BCUT2D eigenvalue weighted by molar-refractivity contribution is -0.121. The molecule has 0 saturated heterocycles. The van der Waals surface area contributed by atoms with E-state index in [1.54, 1.807) is 14.2 Å². The van der Waals surface area contributed by atoms with Crippen LogP contribution in [0.25, 0.3) is 0 Å². The van der Waals surface area contributed by atoms with Gasteiger partial charge in [0.15, 0.2) is 6.29 Å². The predicted molar refractivity (Wildman–Crippen MR) is 78.1 cm³/mol. The largest absolute Gasteiger partial charge is 0.354 e. The first-order valence-corrected chi connectivity index (χ1v) is 6.59. The number of ether oxygens (including phenoxy) is 2. The van der Waals surface area contributed by atoms with Crippen LogP contribution in [0.2, 0.25) is 0 Å². The Morgan fingerprint density at radius 2 is 1.68 bits per heavy atom. The Bertz CT molecular complexity index is 339. The van der Waals surface area contributed by atoms with Gasteiger partial charge in [-0.15, -0.1) is 0 Å². The van der Waals surface area contributed by atoms with Gasteiger partial charge in [-0.1, -0.05) is 30.3 Å². The van der Waals surface area contributed by atoms with Crippen LogP contribution in [0.15, 0.2) is 30.3 Å². The molecule has 108 valence electrons. The average Bonchev–Trinajstić information content (AvgIpc) is 2.40. The van der Waals surface area contributed by atoms with E-state index >= 15 is 0 Å². The zero-order chi connectivity index (χ0) is 14.3. The summed E-state index contributed by atoms with van der Waals surface area (Å²) in [7, 11) is 7.48. The van der Waals surface area contributed by atoms with Crippen LogP contribution in [-0.2, 0) is 9.47 Å². The number of hydrogen-bond donors (Lipinski definition) is 1. The highest BCUT2D eigenvalue weighted by molar-refractivity contribution is 5.19. The van der Waals surface area contributed by atoms with Gasteiger partial charge in [0, 0.05) is 26.8 Å². The van der Waals surface area contributed by atoms with Crippen molar-refractivity contribution in [3.63, 3.8) is 0 Å². The molecule has 0 fully saturated rings. The van der Waals surface area contributed by atoms with Crippen LogP contribution < -0.4 is 5.32 Å². The Hall–Kier alpha value is -0.940. The first kappa shape index (κ1) is 16.1. The van der Waals surface area contributed by atoms with E-state index in [0.717, 1.165) is 6.54 Å². The van der Waals surface area contributed by atoms with E-state index in [4.69, 9.17) is 9.47 Å². The van der Waals surface area contributed by atoms with E-state index < -0.39 is 0 Å². The molecule has 0 saturated carbocycles. The van der Waals surface area contributed by atoms with Crippen molar-refractivity contribution in [1.29, 1.82) is 0 Å². The minimum atomic E-state index is -0.242. The second-order valence-corrected chi connectivity index (χ2v) is 5.02. The molecule has 2 atom stereocenters. The van der Waals surface area contributed by atoms with Gasteiger partial charge in [-0.3, -0.25) is 0 Å². The molecule has 0 bridgehead atoms. The Morgan fingerprint density at radius 3 is 2.16 bits per heavy atom. The van der Waals surface area contributed by atoms with Crippen LogP contribution >= 0.6 is 0 Å². The minimum Gasteiger partial charge on any atom is -0.354 e. The number of rotatable bonds is 8. The molecule has 0 aliphatic heterocycles. The van der Waals surface area contributed by atoms with Gasteiger partial charge in [-0.05, 0) is 26.6 Å². The molecule has 0 aliphatic rings. The molecule has 0 spiro atoms. The molecule has 4 nitrogen and oxygen atoms in total. The number of benzene rings is 1. The van der Waals surface area contributed by atoms with E-state index in [-0.39, 0.29) is 18.4 Å². The molecule has 1 aromatic rings. The first-order chi connectivity index (χ1) is 9.08.